The fourth-order valence-corrected chi connectivity index (χ4v) is 6.65. The lowest BCUT2D eigenvalue weighted by Crippen LogP contribution is -2.51. The predicted molar refractivity (Wildman–Crippen MR) is 158 cm³/mol. The number of anilines is 1. The molecule has 1 aliphatic heterocycles. The van der Waals surface area contributed by atoms with Crippen LogP contribution in [-0.2, 0) is 24.4 Å². The molecule has 2 aromatic carbocycles. The Bertz CT molecular complexity index is 1470. The number of carbonyl (C=O) groups excluding carboxylic acids is 1. The minimum Gasteiger partial charge on any atom is -0.480 e. The molecule has 1 aliphatic rings. The molecular formula is C29H38N6O6S. The van der Waals surface area contributed by atoms with E-state index in [1.807, 2.05) is 43.5 Å². The fourth-order valence-electron chi connectivity index (χ4n) is 5.01. The van der Waals surface area contributed by atoms with Crippen LogP contribution >= 0.6 is 0 Å². The summed E-state index contributed by atoms with van der Waals surface area (Å²) in [7, 11) is -4.21. The van der Waals surface area contributed by atoms with E-state index in [9.17, 15) is 23.1 Å². The summed E-state index contributed by atoms with van der Waals surface area (Å²) >= 11 is 0. The van der Waals surface area contributed by atoms with E-state index in [2.05, 4.69) is 30.8 Å². The van der Waals surface area contributed by atoms with Gasteiger partial charge in [-0.3, -0.25) is 14.4 Å². The monoisotopic (exact) mass is 598 g/mol. The number of H-pyrrole nitrogens is 1. The van der Waals surface area contributed by atoms with E-state index in [-0.39, 0.29) is 11.0 Å². The summed E-state index contributed by atoms with van der Waals surface area (Å²) in [6.07, 6.45) is 4.60. The summed E-state index contributed by atoms with van der Waals surface area (Å²) in [5.41, 5.74) is 6.39. The summed E-state index contributed by atoms with van der Waals surface area (Å²) in [5, 5.41) is 15.5. The zero-order chi connectivity index (χ0) is 30.3. The molecular weight excluding hydrogens is 560 g/mol. The van der Waals surface area contributed by atoms with Gasteiger partial charge in [0.05, 0.1) is 16.7 Å². The van der Waals surface area contributed by atoms with Gasteiger partial charge >= 0.3 is 5.97 Å². The van der Waals surface area contributed by atoms with Crippen molar-refractivity contribution in [2.24, 2.45) is 0 Å². The zero-order valence-corrected chi connectivity index (χ0v) is 24.8. The normalized spacial score (nSPS) is 17.6. The van der Waals surface area contributed by atoms with Crippen molar-refractivity contribution in [3.63, 3.8) is 0 Å². The van der Waals surface area contributed by atoms with Crippen LogP contribution in [0.2, 0.25) is 0 Å². The van der Waals surface area contributed by atoms with E-state index >= 15 is 0 Å². The van der Waals surface area contributed by atoms with Gasteiger partial charge in [-0.25, -0.2) is 13.4 Å². The van der Waals surface area contributed by atoms with Crippen molar-refractivity contribution in [2.45, 2.75) is 69.5 Å². The number of rotatable bonds is 14. The van der Waals surface area contributed by atoms with Gasteiger partial charge in [-0.05, 0) is 62.3 Å². The van der Waals surface area contributed by atoms with Gasteiger partial charge in [-0.2, -0.15) is 10.2 Å². The molecule has 12 nitrogen and oxygen atoms in total. The minimum atomic E-state index is -4.21. The number of imidazole rings is 1. The molecule has 1 saturated heterocycles. The first-order chi connectivity index (χ1) is 20.0. The molecule has 0 bridgehead atoms. The number of hydroxylamine groups is 1. The Hall–Kier alpha value is -3.78. The van der Waals surface area contributed by atoms with Crippen LogP contribution in [0.25, 0.3) is 11.1 Å². The molecule has 3 aromatic rings. The van der Waals surface area contributed by atoms with Crippen molar-refractivity contribution in [1.29, 1.82) is 0 Å². The maximum absolute atomic E-state index is 13.3. The number of hydrogen-bond acceptors (Lipinski definition) is 8. The summed E-state index contributed by atoms with van der Waals surface area (Å²) < 4.78 is 28.8. The topological polar surface area (TPSA) is 175 Å². The number of sulfonamides is 1. The van der Waals surface area contributed by atoms with Gasteiger partial charge in [-0.15, -0.1) is 0 Å². The van der Waals surface area contributed by atoms with Crippen molar-refractivity contribution >= 4 is 27.8 Å². The third kappa shape index (κ3) is 8.16. The van der Waals surface area contributed by atoms with Crippen LogP contribution in [0.1, 0.15) is 42.5 Å². The van der Waals surface area contributed by atoms with Crippen LogP contribution in [0.15, 0.2) is 53.6 Å². The maximum atomic E-state index is 13.3. The molecule has 42 heavy (non-hydrogen) atoms. The highest BCUT2D eigenvalue weighted by Gasteiger charge is 2.33. The summed E-state index contributed by atoms with van der Waals surface area (Å²) in [6, 6.07) is 10.8. The molecule has 3 atom stereocenters. The van der Waals surface area contributed by atoms with Gasteiger partial charge in [0.1, 0.15) is 12.1 Å². The van der Waals surface area contributed by atoms with Gasteiger partial charge in [0.2, 0.25) is 15.9 Å². The van der Waals surface area contributed by atoms with Gasteiger partial charge in [0, 0.05) is 25.7 Å². The lowest BCUT2D eigenvalue weighted by molar-refractivity contribution is -0.139. The highest BCUT2D eigenvalue weighted by atomic mass is 32.2. The third-order valence-corrected chi connectivity index (χ3v) is 8.83. The van der Waals surface area contributed by atoms with Crippen molar-refractivity contribution < 1.29 is 28.0 Å². The molecule has 3 unspecified atom stereocenters. The van der Waals surface area contributed by atoms with E-state index in [1.165, 1.54) is 0 Å². The fraction of sp³-hybridized carbons (Fsp3) is 0.414. The number of carbonyl (C=O) groups is 2. The lowest BCUT2D eigenvalue weighted by Gasteiger charge is -2.19. The first-order valence-corrected chi connectivity index (χ1v) is 15.4. The second-order valence-electron chi connectivity index (χ2n) is 10.5. The maximum Gasteiger partial charge on any atom is 0.323 e. The number of aromatic nitrogens is 2. The highest BCUT2D eigenvalue weighted by Crippen LogP contribution is 2.28. The second kappa shape index (κ2) is 13.9. The first-order valence-electron chi connectivity index (χ1n) is 13.9. The van der Waals surface area contributed by atoms with Gasteiger partial charge < -0.3 is 20.7 Å². The number of aromatic amines is 1. The molecule has 2 heterocycles. The highest BCUT2D eigenvalue weighted by molar-refractivity contribution is 7.89. The number of benzene rings is 2. The quantitative estimate of drug-likeness (QED) is 0.152. The summed E-state index contributed by atoms with van der Waals surface area (Å²) in [6.45, 7) is 5.58. The Labute approximate surface area is 245 Å². The van der Waals surface area contributed by atoms with Crippen LogP contribution in [0.4, 0.5) is 5.95 Å². The number of nitrogens with zero attached hydrogens (tertiary/aromatic N) is 1. The lowest BCUT2D eigenvalue weighted by atomic mass is 10.0. The number of carboxylic acid groups (broad SMARTS) is 1. The first kappa shape index (κ1) is 31.2. The zero-order valence-electron chi connectivity index (χ0n) is 23.9. The van der Waals surface area contributed by atoms with Gasteiger partial charge in [0.25, 0.3) is 0 Å². The molecule has 1 aromatic heterocycles. The van der Waals surface area contributed by atoms with Crippen molar-refractivity contribution in [3.05, 3.63) is 65.5 Å². The molecule has 4 rings (SSSR count). The summed E-state index contributed by atoms with van der Waals surface area (Å²) in [4.78, 5) is 37.5. The largest absolute Gasteiger partial charge is 0.480 e. The van der Waals surface area contributed by atoms with E-state index in [0.717, 1.165) is 48.6 Å². The van der Waals surface area contributed by atoms with E-state index < -0.39 is 40.5 Å². The molecule has 0 saturated carbocycles. The molecule has 0 aliphatic carbocycles. The van der Waals surface area contributed by atoms with Crippen LogP contribution in [0.5, 0.6) is 0 Å². The standard InChI is InChI=1S/C29H38N6O6S/c1-18-13-22(21-9-5-4-6-10-21)14-19(2)26(18)42(39,40)35-25(28(37)38)17-31-27(36)24-15-23(41-34-24)11-7-8-12-30-29-32-16-20(3)33-29/h4-6,9-10,13-14,16,23-25,34-35H,7-8,11-12,15,17H2,1-3H3,(H,31,36)(H,37,38)(H2,30,32,33). The Kier molecular flexibility index (Phi) is 10.3. The van der Waals surface area contributed by atoms with Gasteiger partial charge in [0.15, 0.2) is 5.95 Å². The Balaban J connectivity index is 1.26. The molecule has 0 spiro atoms. The number of carboxylic acids is 1. The van der Waals surface area contributed by atoms with Crippen LogP contribution in [0.3, 0.4) is 0 Å². The minimum absolute atomic E-state index is 0.0166. The van der Waals surface area contributed by atoms with E-state index in [0.29, 0.717) is 17.5 Å². The van der Waals surface area contributed by atoms with Crippen molar-refractivity contribution in [1.82, 2.24) is 25.5 Å². The molecule has 1 amide bonds. The van der Waals surface area contributed by atoms with Crippen molar-refractivity contribution in [2.75, 3.05) is 18.4 Å². The Morgan fingerprint density at radius 2 is 1.81 bits per heavy atom. The van der Waals surface area contributed by atoms with Crippen molar-refractivity contribution in [3.8, 4) is 11.1 Å². The number of nitrogens with one attached hydrogen (secondary N) is 5. The Morgan fingerprint density at radius 1 is 1.10 bits per heavy atom. The predicted octanol–water partition coefficient (Wildman–Crippen LogP) is 2.79. The number of amides is 1. The Morgan fingerprint density at radius 3 is 2.45 bits per heavy atom. The third-order valence-electron chi connectivity index (χ3n) is 7.06. The number of unbranched alkanes of at least 4 members (excludes halogenated alkanes) is 1. The SMILES string of the molecule is Cc1c[nH]c(NCCCCC2CC(C(=O)NCC(NS(=O)(=O)c3c(C)cc(-c4ccccc4)cc3C)C(=O)O)NO2)n1. The molecule has 0 radical (unpaired) electrons. The van der Waals surface area contributed by atoms with Crippen LogP contribution in [0, 0.1) is 20.8 Å². The second-order valence-corrected chi connectivity index (χ2v) is 12.2. The summed E-state index contributed by atoms with van der Waals surface area (Å²) in [5.74, 6) is -1.13. The number of hydrogen-bond donors (Lipinski definition) is 6. The van der Waals surface area contributed by atoms with Crippen LogP contribution in [-0.4, -0.2) is 66.6 Å². The van der Waals surface area contributed by atoms with E-state index in [4.69, 9.17) is 4.84 Å². The molecule has 1 fully saturated rings. The average molecular weight is 599 g/mol. The van der Waals surface area contributed by atoms with E-state index in [1.54, 1.807) is 26.0 Å². The molecule has 13 heteroatoms. The smallest absolute Gasteiger partial charge is 0.323 e. The number of aliphatic carboxylic acids is 1. The van der Waals surface area contributed by atoms with Crippen LogP contribution < -0.4 is 20.8 Å². The average Bonchev–Trinajstić information content (AvgIpc) is 3.59. The molecule has 226 valence electrons. The number of aryl methyl sites for hydroxylation is 3. The van der Waals surface area contributed by atoms with Gasteiger partial charge in [-0.1, -0.05) is 42.5 Å². The molecule has 6 N–H and O–H groups in total.